The first-order chi connectivity index (χ1) is 14.9. The zero-order chi connectivity index (χ0) is 22.1. The van der Waals surface area contributed by atoms with Crippen LogP contribution >= 0.6 is 0 Å². The van der Waals surface area contributed by atoms with E-state index >= 15 is 0 Å². The molecule has 0 spiro atoms. The Morgan fingerprint density at radius 1 is 0.968 bits per heavy atom. The molecular formula is C23H28F3N3O2. The molecule has 1 N–H and O–H groups in total. The van der Waals surface area contributed by atoms with Gasteiger partial charge in [0.25, 0.3) is 0 Å². The lowest BCUT2D eigenvalue weighted by molar-refractivity contribution is -0.174. The van der Waals surface area contributed by atoms with Crippen molar-refractivity contribution in [2.24, 2.45) is 0 Å². The third-order valence-electron chi connectivity index (χ3n) is 5.18. The number of ether oxygens (including phenoxy) is 1. The monoisotopic (exact) mass is 435 g/mol. The molecule has 1 aliphatic heterocycles. The predicted molar refractivity (Wildman–Crippen MR) is 114 cm³/mol. The van der Waals surface area contributed by atoms with E-state index in [4.69, 9.17) is 0 Å². The summed E-state index contributed by atoms with van der Waals surface area (Å²) < 4.78 is 40.8. The standard InChI is InChI=1S/C23H28F3N3O2/c24-23(25,26)18-31-16-6-11-28-12-14-29(15-13-28)22(30)27-21-10-5-4-9-20(21)17-19-7-2-1-3-8-19/h1-5,7-10H,6,11-18H2,(H,27,30). The Kier molecular flexibility index (Phi) is 8.31. The minimum absolute atomic E-state index is 0.0818. The third kappa shape index (κ3) is 7.88. The molecule has 0 aromatic heterocycles. The SMILES string of the molecule is O=C(Nc1ccccc1Cc1ccccc1)N1CCN(CCCOCC(F)(F)F)CC1. The minimum atomic E-state index is -4.28. The number of nitrogens with zero attached hydrogens (tertiary/aromatic N) is 2. The number of piperazine rings is 1. The summed E-state index contributed by atoms with van der Waals surface area (Å²) in [4.78, 5) is 16.7. The summed E-state index contributed by atoms with van der Waals surface area (Å²) in [7, 11) is 0. The summed E-state index contributed by atoms with van der Waals surface area (Å²) in [5.41, 5.74) is 3.04. The summed E-state index contributed by atoms with van der Waals surface area (Å²) in [6, 6.07) is 17.8. The highest BCUT2D eigenvalue weighted by Crippen LogP contribution is 2.20. The summed E-state index contributed by atoms with van der Waals surface area (Å²) in [5.74, 6) is 0. The zero-order valence-electron chi connectivity index (χ0n) is 17.4. The van der Waals surface area contributed by atoms with Crippen molar-refractivity contribution in [1.82, 2.24) is 9.80 Å². The minimum Gasteiger partial charge on any atom is -0.372 e. The fraction of sp³-hybridized carbons (Fsp3) is 0.435. The Labute approximate surface area is 180 Å². The number of halogens is 3. The van der Waals surface area contributed by atoms with Gasteiger partial charge in [-0.25, -0.2) is 4.79 Å². The number of carbonyl (C=O) groups excluding carboxylic acids is 1. The van der Waals surface area contributed by atoms with Gasteiger partial charge in [-0.2, -0.15) is 13.2 Å². The van der Waals surface area contributed by atoms with Gasteiger partial charge in [-0.15, -0.1) is 0 Å². The van der Waals surface area contributed by atoms with Crippen LogP contribution in [0.4, 0.5) is 23.7 Å². The molecule has 8 heteroatoms. The molecule has 0 saturated carbocycles. The molecule has 0 atom stereocenters. The van der Waals surface area contributed by atoms with Gasteiger partial charge in [-0.05, 0) is 30.0 Å². The molecule has 5 nitrogen and oxygen atoms in total. The number of nitrogens with one attached hydrogen (secondary N) is 1. The molecule has 1 heterocycles. The van der Waals surface area contributed by atoms with Crippen LogP contribution in [0.3, 0.4) is 0 Å². The number of para-hydroxylation sites is 1. The molecule has 2 aromatic carbocycles. The van der Waals surface area contributed by atoms with Crippen LogP contribution in [0.2, 0.25) is 0 Å². The summed E-state index contributed by atoms with van der Waals surface area (Å²) in [5, 5.41) is 3.03. The van der Waals surface area contributed by atoms with Gasteiger partial charge < -0.3 is 15.0 Å². The molecule has 1 saturated heterocycles. The van der Waals surface area contributed by atoms with Crippen LogP contribution < -0.4 is 5.32 Å². The smallest absolute Gasteiger partial charge is 0.372 e. The quantitative estimate of drug-likeness (QED) is 0.626. The van der Waals surface area contributed by atoms with Crippen molar-refractivity contribution in [2.75, 3.05) is 51.3 Å². The highest BCUT2D eigenvalue weighted by atomic mass is 19.4. The van der Waals surface area contributed by atoms with Gasteiger partial charge >= 0.3 is 12.2 Å². The molecule has 0 unspecified atom stereocenters. The molecule has 2 amide bonds. The summed E-state index contributed by atoms with van der Waals surface area (Å²) in [6.07, 6.45) is -3.00. The van der Waals surface area contributed by atoms with Crippen molar-refractivity contribution >= 4 is 11.7 Å². The van der Waals surface area contributed by atoms with Crippen molar-refractivity contribution in [1.29, 1.82) is 0 Å². The zero-order valence-corrected chi connectivity index (χ0v) is 17.4. The first-order valence-corrected chi connectivity index (χ1v) is 10.5. The third-order valence-corrected chi connectivity index (χ3v) is 5.18. The van der Waals surface area contributed by atoms with E-state index in [2.05, 4.69) is 27.1 Å². The molecular weight excluding hydrogens is 407 g/mol. The average Bonchev–Trinajstić information content (AvgIpc) is 2.75. The van der Waals surface area contributed by atoms with Crippen LogP contribution in [0, 0.1) is 0 Å². The van der Waals surface area contributed by atoms with E-state index < -0.39 is 12.8 Å². The van der Waals surface area contributed by atoms with Crippen LogP contribution in [0.25, 0.3) is 0 Å². The lowest BCUT2D eigenvalue weighted by Gasteiger charge is -2.34. The normalized spacial score (nSPS) is 15.1. The molecule has 31 heavy (non-hydrogen) atoms. The Balaban J connectivity index is 1.42. The number of urea groups is 1. The van der Waals surface area contributed by atoms with Gasteiger partial charge in [-0.1, -0.05) is 48.5 Å². The number of benzene rings is 2. The average molecular weight is 435 g/mol. The number of carbonyl (C=O) groups is 1. The Bertz CT molecular complexity index is 822. The molecule has 1 aliphatic rings. The first-order valence-electron chi connectivity index (χ1n) is 10.5. The van der Waals surface area contributed by atoms with Crippen molar-refractivity contribution in [3.8, 4) is 0 Å². The van der Waals surface area contributed by atoms with Gasteiger partial charge in [0.2, 0.25) is 0 Å². The largest absolute Gasteiger partial charge is 0.411 e. The van der Waals surface area contributed by atoms with Gasteiger partial charge in [0.05, 0.1) is 0 Å². The number of amides is 2. The second kappa shape index (κ2) is 11.2. The van der Waals surface area contributed by atoms with Gasteiger partial charge in [0.15, 0.2) is 0 Å². The van der Waals surface area contributed by atoms with Gasteiger partial charge in [0.1, 0.15) is 6.61 Å². The molecule has 1 fully saturated rings. The van der Waals surface area contributed by atoms with Crippen molar-refractivity contribution in [3.63, 3.8) is 0 Å². The van der Waals surface area contributed by atoms with Gasteiger partial charge in [-0.3, -0.25) is 4.90 Å². The molecule has 168 valence electrons. The predicted octanol–water partition coefficient (Wildman–Crippen LogP) is 4.40. The number of hydrogen-bond acceptors (Lipinski definition) is 3. The number of hydrogen-bond donors (Lipinski definition) is 1. The van der Waals surface area contributed by atoms with E-state index in [1.165, 1.54) is 5.56 Å². The Hall–Kier alpha value is -2.58. The van der Waals surface area contributed by atoms with Crippen LogP contribution in [0.15, 0.2) is 54.6 Å². The Morgan fingerprint density at radius 3 is 2.35 bits per heavy atom. The molecule has 0 aliphatic carbocycles. The van der Waals surface area contributed by atoms with Gasteiger partial charge in [0, 0.05) is 45.0 Å². The highest BCUT2D eigenvalue weighted by molar-refractivity contribution is 5.90. The Morgan fingerprint density at radius 2 is 1.65 bits per heavy atom. The fourth-order valence-electron chi connectivity index (χ4n) is 3.56. The lowest BCUT2D eigenvalue weighted by atomic mass is 10.0. The van der Waals surface area contributed by atoms with E-state index in [1.807, 2.05) is 42.5 Å². The molecule has 0 bridgehead atoms. The van der Waals surface area contributed by atoms with Crippen molar-refractivity contribution in [2.45, 2.75) is 19.0 Å². The van der Waals surface area contributed by atoms with Crippen molar-refractivity contribution < 1.29 is 22.7 Å². The molecule has 2 aromatic rings. The van der Waals surface area contributed by atoms with E-state index in [0.29, 0.717) is 39.1 Å². The first kappa shape index (κ1) is 23.1. The van der Waals surface area contributed by atoms with E-state index in [-0.39, 0.29) is 12.6 Å². The maximum Gasteiger partial charge on any atom is 0.411 e. The van der Waals surface area contributed by atoms with E-state index in [0.717, 1.165) is 17.7 Å². The van der Waals surface area contributed by atoms with Crippen LogP contribution in [0.5, 0.6) is 0 Å². The number of alkyl halides is 3. The van der Waals surface area contributed by atoms with Crippen LogP contribution in [-0.2, 0) is 11.2 Å². The topological polar surface area (TPSA) is 44.8 Å². The highest BCUT2D eigenvalue weighted by Gasteiger charge is 2.27. The number of anilines is 1. The van der Waals surface area contributed by atoms with Crippen molar-refractivity contribution in [3.05, 3.63) is 65.7 Å². The lowest BCUT2D eigenvalue weighted by Crippen LogP contribution is -2.50. The molecule has 3 rings (SSSR count). The summed E-state index contributed by atoms with van der Waals surface area (Å²) in [6.45, 7) is 2.08. The van der Waals surface area contributed by atoms with Crippen LogP contribution in [-0.4, -0.2) is 67.9 Å². The van der Waals surface area contributed by atoms with Crippen LogP contribution in [0.1, 0.15) is 17.5 Å². The number of rotatable bonds is 8. The summed E-state index contributed by atoms with van der Waals surface area (Å²) >= 11 is 0. The van der Waals surface area contributed by atoms with E-state index in [1.54, 1.807) is 4.90 Å². The second-order valence-corrected chi connectivity index (χ2v) is 7.60. The maximum atomic E-state index is 12.7. The fourth-order valence-corrected chi connectivity index (χ4v) is 3.56. The maximum absolute atomic E-state index is 12.7. The second-order valence-electron chi connectivity index (χ2n) is 7.60. The molecule has 0 radical (unpaired) electrons. The van der Waals surface area contributed by atoms with E-state index in [9.17, 15) is 18.0 Å².